The Labute approximate surface area is 495 Å². The number of thiophene rings is 1. The maximum atomic E-state index is 5.17. The molecule has 0 N–H and O–H groups in total. The molecule has 14 rings (SSSR count). The molecule has 0 aliphatic heterocycles. The summed E-state index contributed by atoms with van der Waals surface area (Å²) in [7, 11) is -6.21. The Morgan fingerprint density at radius 1 is 0.452 bits per heavy atom. The summed E-state index contributed by atoms with van der Waals surface area (Å²) in [6, 6.07) is 106. The first kappa shape index (κ1) is 52.3. The molecule has 3 heterocycles. The minimum atomic E-state index is -3.13. The van der Waals surface area contributed by atoms with Crippen LogP contribution in [0.4, 0.5) is 0 Å². The lowest BCUT2D eigenvalue weighted by atomic mass is 10.1. The Bertz CT molecular complexity index is 4940. The van der Waals surface area contributed by atoms with Crippen molar-refractivity contribution in [1.82, 2.24) is 14.5 Å². The quantitative estimate of drug-likeness (QED) is 0.0693. The second-order valence-electron chi connectivity index (χ2n) is 21.6. The topological polar surface area (TPSA) is 30.7 Å². The van der Waals surface area contributed by atoms with Crippen LogP contribution < -0.4 is 46.7 Å². The van der Waals surface area contributed by atoms with Crippen LogP contribution in [-0.4, -0.2) is 30.7 Å². The second-order valence-corrected chi connectivity index (χ2v) is 30.4. The van der Waals surface area contributed by atoms with E-state index in [0.29, 0.717) is 0 Å². The predicted octanol–water partition coefficient (Wildman–Crippen LogP) is 13.1. The van der Waals surface area contributed by atoms with Crippen molar-refractivity contribution in [2.75, 3.05) is 0 Å². The molecular weight excluding hydrogens is 1070 g/mol. The SMILES string of the molecule is C=C(\C=C/C(C)=c1\ccc([Si](c2ccccc2)(c2ccccc2)c2cccc(-c3ncnc4c3sc3ccccc34)c2)c\c1=c1/cccc/c1=C\C)[Si](c1ccccc1)(c1ccccc1)c1cccc(-n2c3ccccc3c3ccccc32)c1. The van der Waals surface area contributed by atoms with E-state index >= 15 is 0 Å². The molecular formula is C78H59N3SSi2. The number of rotatable bonds is 12. The summed E-state index contributed by atoms with van der Waals surface area (Å²) in [5.41, 5.74) is 7.68. The van der Waals surface area contributed by atoms with Crippen molar-refractivity contribution >= 4 is 118 Å². The van der Waals surface area contributed by atoms with Gasteiger partial charge in [0.1, 0.15) is 6.33 Å². The second kappa shape index (κ2) is 22.2. The predicted molar refractivity (Wildman–Crippen MR) is 363 cm³/mol. The highest BCUT2D eigenvalue weighted by molar-refractivity contribution is 7.26. The van der Waals surface area contributed by atoms with Gasteiger partial charge in [0.05, 0.1) is 26.9 Å². The monoisotopic (exact) mass is 1130 g/mol. The standard InChI is InChI=1S/C78H59N3SSi2/c1-4-57-27-17-18-40-68(57)72-53-66(84(62-34-13-7-14-35-62,63-36-15-8-16-37-63)64-38-25-28-58(51-64)76-78-77(80-54-79-76)71-43-21-24-46-75(71)82-78)49-50-67(72)55(2)47-48-56(3)83(60-30-9-5-10-31-60,61-32-11-6-12-33-61)65-39-26-29-59(52-65)81-73-44-22-19-41-69(73)70-42-20-23-45-74(70)81/h4-54H,3H2,1-2H3/b48-47-,57-4+,67-55+,72-68-. The van der Waals surface area contributed by atoms with E-state index in [4.69, 9.17) is 16.5 Å². The van der Waals surface area contributed by atoms with Gasteiger partial charge in [-0.15, -0.1) is 11.3 Å². The van der Waals surface area contributed by atoms with Gasteiger partial charge >= 0.3 is 0 Å². The first-order valence-electron chi connectivity index (χ1n) is 28.8. The first-order valence-corrected chi connectivity index (χ1v) is 33.6. The van der Waals surface area contributed by atoms with Crippen LogP contribution in [-0.2, 0) is 0 Å². The molecule has 0 aliphatic carbocycles. The lowest BCUT2D eigenvalue weighted by Crippen LogP contribution is -2.74. The summed E-state index contributed by atoms with van der Waals surface area (Å²) in [4.78, 5) is 9.89. The van der Waals surface area contributed by atoms with Crippen molar-refractivity contribution in [1.29, 1.82) is 0 Å². The molecule has 0 spiro atoms. The number of benzene rings is 11. The molecule has 0 radical (unpaired) electrons. The van der Waals surface area contributed by atoms with Gasteiger partial charge in [-0.25, -0.2) is 9.97 Å². The lowest BCUT2D eigenvalue weighted by Gasteiger charge is -2.35. The van der Waals surface area contributed by atoms with Crippen LogP contribution >= 0.6 is 11.3 Å². The highest BCUT2D eigenvalue weighted by Crippen LogP contribution is 2.38. The Morgan fingerprint density at radius 2 is 0.988 bits per heavy atom. The average Bonchev–Trinajstić information content (AvgIpc) is 1.38. The molecule has 0 aliphatic rings. The molecule has 0 saturated heterocycles. The van der Waals surface area contributed by atoms with Gasteiger partial charge in [-0.05, 0) is 107 Å². The Balaban J connectivity index is 0.989. The van der Waals surface area contributed by atoms with Crippen molar-refractivity contribution < 1.29 is 0 Å². The van der Waals surface area contributed by atoms with Crippen LogP contribution in [0.3, 0.4) is 0 Å². The number of hydrogen-bond donors (Lipinski definition) is 0. The Hall–Kier alpha value is -9.83. The van der Waals surface area contributed by atoms with E-state index in [9.17, 15) is 0 Å². The number of fused-ring (bicyclic) bond motifs is 6. The molecule has 0 unspecified atom stereocenters. The molecule has 14 aromatic rings. The van der Waals surface area contributed by atoms with E-state index in [-0.39, 0.29) is 0 Å². The molecule has 11 aromatic carbocycles. The van der Waals surface area contributed by atoms with Crippen LogP contribution in [0.25, 0.3) is 70.7 Å². The molecule has 3 aromatic heterocycles. The lowest BCUT2D eigenvalue weighted by molar-refractivity contribution is 1.18. The van der Waals surface area contributed by atoms with E-state index in [2.05, 4.69) is 322 Å². The van der Waals surface area contributed by atoms with Crippen molar-refractivity contribution in [2.24, 2.45) is 0 Å². The van der Waals surface area contributed by atoms with Gasteiger partial charge in [0.15, 0.2) is 16.1 Å². The fraction of sp³-hybridized carbons (Fsp3) is 0.0256. The van der Waals surface area contributed by atoms with Crippen molar-refractivity contribution in [3.05, 3.63) is 336 Å². The summed E-state index contributed by atoms with van der Waals surface area (Å²) in [5, 5.41) is 18.5. The van der Waals surface area contributed by atoms with E-state index in [1.54, 1.807) is 17.7 Å². The number of para-hydroxylation sites is 2. The number of hydrogen-bond acceptors (Lipinski definition) is 3. The van der Waals surface area contributed by atoms with Crippen molar-refractivity contribution in [2.45, 2.75) is 13.8 Å². The maximum absolute atomic E-state index is 5.17. The molecule has 0 amide bonds. The van der Waals surface area contributed by atoms with Crippen LogP contribution in [0.5, 0.6) is 0 Å². The molecule has 3 nitrogen and oxygen atoms in total. The fourth-order valence-corrected chi connectivity index (χ4v) is 23.8. The Kier molecular flexibility index (Phi) is 13.8. The summed E-state index contributed by atoms with van der Waals surface area (Å²) in [5.74, 6) is 0. The zero-order valence-electron chi connectivity index (χ0n) is 46.9. The van der Waals surface area contributed by atoms with E-state index in [1.165, 1.54) is 83.7 Å². The number of nitrogens with zero attached hydrogens (tertiary/aromatic N) is 3. The highest BCUT2D eigenvalue weighted by Gasteiger charge is 2.43. The van der Waals surface area contributed by atoms with Gasteiger partial charge in [-0.2, -0.15) is 0 Å². The fourth-order valence-electron chi connectivity index (χ4n) is 13.3. The van der Waals surface area contributed by atoms with E-state index in [0.717, 1.165) is 43.3 Å². The zero-order chi connectivity index (χ0) is 56.6. The summed E-state index contributed by atoms with van der Waals surface area (Å²) in [6.45, 7) is 9.60. The number of aromatic nitrogens is 3. The average molecular weight is 1130 g/mol. The van der Waals surface area contributed by atoms with Crippen LogP contribution in [0.2, 0.25) is 0 Å². The van der Waals surface area contributed by atoms with Gasteiger partial charge in [0, 0.05) is 32.1 Å². The minimum absolute atomic E-state index is 0.955. The normalized spacial score (nSPS) is 13.1. The maximum Gasteiger partial charge on any atom is 0.179 e. The summed E-state index contributed by atoms with van der Waals surface area (Å²) >= 11 is 1.77. The molecule has 84 heavy (non-hydrogen) atoms. The van der Waals surface area contributed by atoms with Crippen molar-refractivity contribution in [3.63, 3.8) is 0 Å². The first-order chi connectivity index (χ1) is 41.5. The molecule has 0 saturated carbocycles. The van der Waals surface area contributed by atoms with Gasteiger partial charge in [0.25, 0.3) is 0 Å². The molecule has 400 valence electrons. The van der Waals surface area contributed by atoms with E-state index in [1.807, 2.05) is 0 Å². The van der Waals surface area contributed by atoms with Gasteiger partial charge in [0.2, 0.25) is 0 Å². The van der Waals surface area contributed by atoms with Gasteiger partial charge in [-0.3, -0.25) is 0 Å². The van der Waals surface area contributed by atoms with Crippen molar-refractivity contribution in [3.8, 4) is 16.9 Å². The van der Waals surface area contributed by atoms with Gasteiger partial charge < -0.3 is 4.57 Å². The van der Waals surface area contributed by atoms with Crippen LogP contribution in [0.1, 0.15) is 13.8 Å². The molecule has 0 atom stereocenters. The summed E-state index contributed by atoms with van der Waals surface area (Å²) < 4.78 is 4.74. The van der Waals surface area contributed by atoms with Crippen LogP contribution in [0.15, 0.2) is 315 Å². The minimum Gasteiger partial charge on any atom is -0.309 e. The smallest absolute Gasteiger partial charge is 0.179 e. The molecule has 6 heteroatoms. The Morgan fingerprint density at radius 3 is 1.64 bits per heavy atom. The van der Waals surface area contributed by atoms with E-state index < -0.39 is 16.1 Å². The summed E-state index contributed by atoms with van der Waals surface area (Å²) in [6.07, 6.45) is 8.65. The zero-order valence-corrected chi connectivity index (χ0v) is 49.7. The molecule has 0 fully saturated rings. The highest BCUT2D eigenvalue weighted by atomic mass is 32.1. The van der Waals surface area contributed by atoms with Gasteiger partial charge in [-0.1, -0.05) is 285 Å². The third-order valence-corrected chi connectivity index (χ3v) is 27.8. The third kappa shape index (κ3) is 8.77. The number of allylic oxidation sites excluding steroid dienone is 3. The largest absolute Gasteiger partial charge is 0.309 e. The van der Waals surface area contributed by atoms with Crippen LogP contribution in [0, 0.1) is 10.4 Å². The molecule has 0 bridgehead atoms. The third-order valence-electron chi connectivity index (χ3n) is 17.1.